The van der Waals surface area contributed by atoms with E-state index in [0.717, 1.165) is 0 Å². The topological polar surface area (TPSA) is 93.7 Å². The van der Waals surface area contributed by atoms with Crippen molar-refractivity contribution >= 4 is 29.7 Å². The third-order valence-corrected chi connectivity index (χ3v) is 3.77. The van der Waals surface area contributed by atoms with Crippen LogP contribution in [0.25, 0.3) is 0 Å². The van der Waals surface area contributed by atoms with Crippen LogP contribution in [0.4, 0.5) is 4.79 Å². The normalized spacial score (nSPS) is 17.9. The average molecular weight is 316 g/mol. The number of rotatable bonds is 7. The van der Waals surface area contributed by atoms with Gasteiger partial charge in [-0.2, -0.15) is 0 Å². The number of hydrogen-bond donors (Lipinski definition) is 2. The molecule has 0 spiro atoms. The molecule has 0 saturated heterocycles. The van der Waals surface area contributed by atoms with Gasteiger partial charge in [-0.15, -0.1) is 11.8 Å². The van der Waals surface area contributed by atoms with Crippen LogP contribution in [0.5, 0.6) is 0 Å². The summed E-state index contributed by atoms with van der Waals surface area (Å²) in [4.78, 5) is 34.8. The predicted molar refractivity (Wildman–Crippen MR) is 78.7 cm³/mol. The maximum atomic E-state index is 12.1. The summed E-state index contributed by atoms with van der Waals surface area (Å²) in [6.07, 6.45) is 0.576. The van der Waals surface area contributed by atoms with Crippen molar-refractivity contribution in [3.05, 3.63) is 11.3 Å². The van der Waals surface area contributed by atoms with Crippen molar-refractivity contribution in [2.45, 2.75) is 26.3 Å². The molecule has 0 aromatic carbocycles. The quantitative estimate of drug-likeness (QED) is 0.675. The lowest BCUT2D eigenvalue weighted by Gasteiger charge is -2.28. The molecule has 1 atom stereocenters. The molecule has 0 aromatic heterocycles. The Labute approximate surface area is 127 Å². The molecule has 0 fully saturated rings. The molecule has 0 radical (unpaired) electrons. The van der Waals surface area contributed by atoms with Crippen LogP contribution >= 0.6 is 11.8 Å². The average Bonchev–Trinajstić information content (AvgIpc) is 2.46. The minimum absolute atomic E-state index is 0.149. The number of carbonyl (C=O) groups is 3. The SMILES string of the molecule is CCOC(=O)C1=C(CSCC(=O)OC)NC(=O)NC1CC. The fourth-order valence-corrected chi connectivity index (χ4v) is 2.69. The van der Waals surface area contributed by atoms with Crippen LogP contribution in [-0.2, 0) is 19.1 Å². The van der Waals surface area contributed by atoms with E-state index in [4.69, 9.17) is 4.74 Å². The minimum Gasteiger partial charge on any atom is -0.468 e. The van der Waals surface area contributed by atoms with E-state index in [9.17, 15) is 14.4 Å². The molecule has 1 heterocycles. The van der Waals surface area contributed by atoms with Gasteiger partial charge in [0.2, 0.25) is 0 Å². The number of thioether (sulfide) groups is 1. The van der Waals surface area contributed by atoms with Gasteiger partial charge in [-0.3, -0.25) is 4.79 Å². The van der Waals surface area contributed by atoms with Gasteiger partial charge >= 0.3 is 18.0 Å². The molecule has 0 aromatic rings. The zero-order valence-corrected chi connectivity index (χ0v) is 13.2. The lowest BCUT2D eigenvalue weighted by atomic mass is 10.0. The number of ether oxygens (including phenoxy) is 2. The predicted octanol–water partition coefficient (Wildman–Crippen LogP) is 0.801. The number of carbonyl (C=O) groups excluding carboxylic acids is 3. The van der Waals surface area contributed by atoms with E-state index in [1.165, 1.54) is 18.9 Å². The van der Waals surface area contributed by atoms with E-state index in [0.29, 0.717) is 23.4 Å². The summed E-state index contributed by atoms with van der Waals surface area (Å²) in [6, 6.07) is -0.741. The number of esters is 2. The van der Waals surface area contributed by atoms with Crippen molar-refractivity contribution in [2.24, 2.45) is 0 Å². The van der Waals surface area contributed by atoms with Crippen molar-refractivity contribution in [2.75, 3.05) is 25.2 Å². The second-order valence-electron chi connectivity index (χ2n) is 4.24. The molecule has 8 heteroatoms. The Morgan fingerprint density at radius 2 is 2.05 bits per heavy atom. The highest BCUT2D eigenvalue weighted by molar-refractivity contribution is 8.00. The van der Waals surface area contributed by atoms with E-state index in [1.54, 1.807) is 6.92 Å². The number of nitrogens with one attached hydrogen (secondary N) is 2. The molecule has 1 aliphatic rings. The Morgan fingerprint density at radius 1 is 1.33 bits per heavy atom. The van der Waals surface area contributed by atoms with E-state index in [1.807, 2.05) is 6.92 Å². The molecular weight excluding hydrogens is 296 g/mol. The van der Waals surface area contributed by atoms with E-state index in [-0.39, 0.29) is 30.4 Å². The number of amides is 2. The van der Waals surface area contributed by atoms with Crippen LogP contribution in [0.1, 0.15) is 20.3 Å². The van der Waals surface area contributed by atoms with E-state index in [2.05, 4.69) is 15.4 Å². The van der Waals surface area contributed by atoms with Gasteiger partial charge in [0.15, 0.2) is 0 Å². The third-order valence-electron chi connectivity index (χ3n) is 2.84. The monoisotopic (exact) mass is 316 g/mol. The molecule has 1 rings (SSSR count). The van der Waals surface area contributed by atoms with E-state index >= 15 is 0 Å². The standard InChI is InChI=1S/C13H20N2O5S/c1-4-8-11(12(17)20-5-2)9(15-13(18)14-8)6-21-7-10(16)19-3/h8H,4-7H2,1-3H3,(H2,14,15,18). The Bertz CT molecular complexity index is 450. The molecular formula is C13H20N2O5S. The van der Waals surface area contributed by atoms with Crippen LogP contribution in [-0.4, -0.2) is 49.2 Å². The highest BCUT2D eigenvalue weighted by atomic mass is 32.2. The maximum absolute atomic E-state index is 12.1. The van der Waals surface area contributed by atoms with Crippen molar-refractivity contribution in [1.82, 2.24) is 10.6 Å². The number of hydrogen-bond acceptors (Lipinski definition) is 6. The first kappa shape index (κ1) is 17.4. The summed E-state index contributed by atoms with van der Waals surface area (Å²) < 4.78 is 9.59. The molecule has 1 unspecified atom stereocenters. The Kier molecular flexibility index (Phi) is 7.07. The second kappa shape index (κ2) is 8.56. The van der Waals surface area contributed by atoms with Gasteiger partial charge in [-0.1, -0.05) is 6.92 Å². The van der Waals surface area contributed by atoms with Gasteiger partial charge < -0.3 is 20.1 Å². The van der Waals surface area contributed by atoms with Crippen LogP contribution in [0.2, 0.25) is 0 Å². The highest BCUT2D eigenvalue weighted by Crippen LogP contribution is 2.20. The Hall–Kier alpha value is -1.70. The molecule has 0 aliphatic carbocycles. The Balaban J connectivity index is 2.89. The van der Waals surface area contributed by atoms with Gasteiger partial charge in [-0.05, 0) is 13.3 Å². The highest BCUT2D eigenvalue weighted by Gasteiger charge is 2.31. The van der Waals surface area contributed by atoms with Gasteiger partial charge in [0.25, 0.3) is 0 Å². The summed E-state index contributed by atoms with van der Waals surface area (Å²) in [5.74, 6) is -0.334. The molecule has 7 nitrogen and oxygen atoms in total. The summed E-state index contributed by atoms with van der Waals surface area (Å²) >= 11 is 1.26. The number of urea groups is 1. The first-order valence-electron chi connectivity index (χ1n) is 6.65. The van der Waals surface area contributed by atoms with Crippen molar-refractivity contribution in [3.63, 3.8) is 0 Å². The third kappa shape index (κ3) is 4.96. The van der Waals surface area contributed by atoms with Gasteiger partial charge in [0.05, 0.1) is 31.1 Å². The van der Waals surface area contributed by atoms with Crippen molar-refractivity contribution < 1.29 is 23.9 Å². The fraction of sp³-hybridized carbons (Fsp3) is 0.615. The van der Waals surface area contributed by atoms with Crippen LogP contribution in [0.15, 0.2) is 11.3 Å². The first-order chi connectivity index (χ1) is 10.0. The summed E-state index contributed by atoms with van der Waals surface area (Å²) in [5.41, 5.74) is 0.897. The van der Waals surface area contributed by atoms with Gasteiger partial charge in [-0.25, -0.2) is 9.59 Å². The zero-order valence-electron chi connectivity index (χ0n) is 12.4. The van der Waals surface area contributed by atoms with Crippen molar-refractivity contribution in [1.29, 1.82) is 0 Å². The summed E-state index contributed by atoms with van der Waals surface area (Å²) in [6.45, 7) is 3.85. The molecule has 118 valence electrons. The van der Waals surface area contributed by atoms with Gasteiger partial charge in [0.1, 0.15) is 0 Å². The second-order valence-corrected chi connectivity index (χ2v) is 5.23. The van der Waals surface area contributed by atoms with E-state index < -0.39 is 5.97 Å². The summed E-state index contributed by atoms with van der Waals surface area (Å²) in [7, 11) is 1.31. The first-order valence-corrected chi connectivity index (χ1v) is 7.81. The molecule has 0 bridgehead atoms. The molecule has 21 heavy (non-hydrogen) atoms. The molecule has 1 aliphatic heterocycles. The van der Waals surface area contributed by atoms with Gasteiger partial charge in [0, 0.05) is 11.4 Å². The van der Waals surface area contributed by atoms with Crippen LogP contribution < -0.4 is 10.6 Å². The van der Waals surface area contributed by atoms with Crippen LogP contribution in [0, 0.1) is 0 Å². The lowest BCUT2D eigenvalue weighted by Crippen LogP contribution is -2.50. The minimum atomic E-state index is -0.453. The molecule has 2 amide bonds. The zero-order chi connectivity index (χ0) is 15.8. The fourth-order valence-electron chi connectivity index (χ4n) is 1.87. The maximum Gasteiger partial charge on any atom is 0.337 e. The smallest absolute Gasteiger partial charge is 0.337 e. The summed E-state index contributed by atoms with van der Waals surface area (Å²) in [5, 5.41) is 5.30. The van der Waals surface area contributed by atoms with Crippen LogP contribution in [0.3, 0.4) is 0 Å². The lowest BCUT2D eigenvalue weighted by molar-refractivity contribution is -0.139. The Morgan fingerprint density at radius 3 is 2.62 bits per heavy atom. The molecule has 0 saturated carbocycles. The number of methoxy groups -OCH3 is 1. The van der Waals surface area contributed by atoms with Crippen molar-refractivity contribution in [3.8, 4) is 0 Å². The largest absolute Gasteiger partial charge is 0.468 e. The molecule has 2 N–H and O–H groups in total.